The summed E-state index contributed by atoms with van der Waals surface area (Å²) in [5, 5.41) is 8.83. The van der Waals surface area contributed by atoms with E-state index in [4.69, 9.17) is 15.6 Å². The quantitative estimate of drug-likeness (QED) is 0.648. The second kappa shape index (κ2) is 7.27. The summed E-state index contributed by atoms with van der Waals surface area (Å²) in [5.41, 5.74) is 9.00. The summed E-state index contributed by atoms with van der Waals surface area (Å²) in [7, 11) is 0. The minimum atomic E-state index is -1.18. The maximum atomic E-state index is 12.6. The van der Waals surface area contributed by atoms with Crippen LogP contribution in [0.2, 0.25) is 0 Å². The van der Waals surface area contributed by atoms with Gasteiger partial charge in [-0.25, -0.2) is 4.79 Å². The zero-order valence-corrected chi connectivity index (χ0v) is 15.4. The Bertz CT molecular complexity index is 1140. The number of carbonyl (C=O) groups excluding carboxylic acids is 1. The van der Waals surface area contributed by atoms with Gasteiger partial charge in [0.05, 0.1) is 5.56 Å². The fraction of sp³-hybridized carbons (Fsp3) is 0.136. The number of benzene rings is 2. The SMILES string of the molecule is Nc1c(C(=O)OCC2c3ccccc3-c3ccccc32)ccn(CC(=O)O)c1=O. The van der Waals surface area contributed by atoms with Gasteiger partial charge >= 0.3 is 11.9 Å². The standard InChI is InChI=1S/C22H18N2O5/c23-20-17(9-10-24(21(20)27)11-19(25)26)22(28)29-12-18-15-7-3-1-5-13(15)14-6-2-4-8-16(14)18/h1-10,18H,11-12,23H2,(H,25,26). The molecule has 0 atom stereocenters. The van der Waals surface area contributed by atoms with Crippen LogP contribution in [0.5, 0.6) is 0 Å². The number of nitrogens with two attached hydrogens (primary N) is 1. The third kappa shape index (κ3) is 3.27. The van der Waals surface area contributed by atoms with E-state index < -0.39 is 24.0 Å². The van der Waals surface area contributed by atoms with Gasteiger partial charge in [0.15, 0.2) is 0 Å². The Morgan fingerprint density at radius 2 is 1.59 bits per heavy atom. The van der Waals surface area contributed by atoms with Crippen molar-refractivity contribution in [2.24, 2.45) is 0 Å². The average Bonchev–Trinajstić information content (AvgIpc) is 3.03. The second-order valence-electron chi connectivity index (χ2n) is 6.80. The molecule has 0 amide bonds. The van der Waals surface area contributed by atoms with Crippen LogP contribution >= 0.6 is 0 Å². The maximum Gasteiger partial charge on any atom is 0.340 e. The van der Waals surface area contributed by atoms with Gasteiger partial charge in [0, 0.05) is 12.1 Å². The van der Waals surface area contributed by atoms with Crippen molar-refractivity contribution in [3.05, 3.63) is 87.8 Å². The first kappa shape index (κ1) is 18.5. The largest absolute Gasteiger partial charge is 0.480 e. The van der Waals surface area contributed by atoms with Gasteiger partial charge in [0.2, 0.25) is 0 Å². The molecule has 2 aromatic carbocycles. The van der Waals surface area contributed by atoms with E-state index in [1.807, 2.05) is 48.5 Å². The first-order valence-electron chi connectivity index (χ1n) is 9.03. The van der Waals surface area contributed by atoms with Crippen molar-refractivity contribution in [2.75, 3.05) is 12.3 Å². The van der Waals surface area contributed by atoms with E-state index in [0.29, 0.717) is 0 Å². The lowest BCUT2D eigenvalue weighted by Gasteiger charge is -2.15. The Labute approximate surface area is 166 Å². The van der Waals surface area contributed by atoms with Crippen LogP contribution in [-0.4, -0.2) is 28.2 Å². The number of rotatable bonds is 5. The summed E-state index contributed by atoms with van der Waals surface area (Å²) in [6, 6.07) is 17.2. The summed E-state index contributed by atoms with van der Waals surface area (Å²) in [5.74, 6) is -2.01. The second-order valence-corrected chi connectivity index (χ2v) is 6.80. The molecule has 3 N–H and O–H groups in total. The highest BCUT2D eigenvalue weighted by Crippen LogP contribution is 2.44. The zero-order chi connectivity index (χ0) is 20.5. The minimum absolute atomic E-state index is 0.0730. The van der Waals surface area contributed by atoms with E-state index in [9.17, 15) is 14.4 Å². The molecule has 0 radical (unpaired) electrons. The molecule has 29 heavy (non-hydrogen) atoms. The lowest BCUT2D eigenvalue weighted by atomic mass is 9.98. The molecule has 0 aliphatic heterocycles. The first-order chi connectivity index (χ1) is 14.0. The Morgan fingerprint density at radius 1 is 1.00 bits per heavy atom. The van der Waals surface area contributed by atoms with Gasteiger partial charge in [-0.05, 0) is 28.3 Å². The van der Waals surface area contributed by atoms with Gasteiger partial charge < -0.3 is 20.1 Å². The van der Waals surface area contributed by atoms with Crippen LogP contribution in [0, 0.1) is 0 Å². The van der Waals surface area contributed by atoms with Crippen molar-refractivity contribution in [1.82, 2.24) is 4.57 Å². The van der Waals surface area contributed by atoms with E-state index in [2.05, 4.69) is 0 Å². The van der Waals surface area contributed by atoms with Crippen molar-refractivity contribution < 1.29 is 19.4 Å². The predicted molar refractivity (Wildman–Crippen MR) is 107 cm³/mol. The van der Waals surface area contributed by atoms with Gasteiger partial charge in [-0.15, -0.1) is 0 Å². The minimum Gasteiger partial charge on any atom is -0.480 e. The Morgan fingerprint density at radius 3 is 2.17 bits per heavy atom. The number of ether oxygens (including phenoxy) is 1. The molecule has 4 rings (SSSR count). The van der Waals surface area contributed by atoms with Crippen LogP contribution in [0.4, 0.5) is 5.69 Å². The number of hydrogen-bond acceptors (Lipinski definition) is 5. The number of carboxylic acids is 1. The average molecular weight is 390 g/mol. The Hall–Kier alpha value is -3.87. The van der Waals surface area contributed by atoms with E-state index >= 15 is 0 Å². The van der Waals surface area contributed by atoms with Crippen LogP contribution < -0.4 is 11.3 Å². The molecule has 0 saturated carbocycles. The highest BCUT2D eigenvalue weighted by Gasteiger charge is 2.29. The summed E-state index contributed by atoms with van der Waals surface area (Å²) >= 11 is 0. The lowest BCUT2D eigenvalue weighted by molar-refractivity contribution is -0.137. The number of aromatic nitrogens is 1. The van der Waals surface area contributed by atoms with Gasteiger partial charge in [0.1, 0.15) is 18.8 Å². The molecule has 0 bridgehead atoms. The van der Waals surface area contributed by atoms with E-state index in [0.717, 1.165) is 26.8 Å². The fourth-order valence-electron chi connectivity index (χ4n) is 3.72. The van der Waals surface area contributed by atoms with Crippen LogP contribution in [0.1, 0.15) is 27.4 Å². The van der Waals surface area contributed by atoms with Crippen LogP contribution in [-0.2, 0) is 16.1 Å². The van der Waals surface area contributed by atoms with E-state index in [1.165, 1.54) is 12.3 Å². The number of carboxylic acid groups (broad SMARTS) is 1. The normalized spacial score (nSPS) is 12.3. The number of anilines is 1. The molecule has 0 spiro atoms. The summed E-state index contributed by atoms with van der Waals surface area (Å²) in [6.45, 7) is -0.432. The number of pyridine rings is 1. The summed E-state index contributed by atoms with van der Waals surface area (Å²) in [6.07, 6.45) is 1.23. The molecule has 0 fully saturated rings. The molecule has 1 aliphatic carbocycles. The molecule has 1 aromatic heterocycles. The van der Waals surface area contributed by atoms with Crippen molar-refractivity contribution in [3.63, 3.8) is 0 Å². The highest BCUT2D eigenvalue weighted by molar-refractivity contribution is 5.94. The van der Waals surface area contributed by atoms with Gasteiger partial charge in [-0.3, -0.25) is 9.59 Å². The number of nitrogens with zero attached hydrogens (tertiary/aromatic N) is 1. The van der Waals surface area contributed by atoms with Crippen molar-refractivity contribution >= 4 is 17.6 Å². The van der Waals surface area contributed by atoms with Crippen LogP contribution in [0.3, 0.4) is 0 Å². The predicted octanol–water partition coefficient (Wildman–Crippen LogP) is 2.48. The smallest absolute Gasteiger partial charge is 0.340 e. The molecule has 1 heterocycles. The van der Waals surface area contributed by atoms with Crippen molar-refractivity contribution in [3.8, 4) is 11.1 Å². The number of esters is 1. The van der Waals surface area contributed by atoms with E-state index in [-0.39, 0.29) is 23.8 Å². The summed E-state index contributed by atoms with van der Waals surface area (Å²) in [4.78, 5) is 35.6. The lowest BCUT2D eigenvalue weighted by Crippen LogP contribution is -2.28. The molecule has 3 aromatic rings. The third-order valence-electron chi connectivity index (χ3n) is 5.07. The molecule has 0 saturated heterocycles. The number of hydrogen-bond donors (Lipinski definition) is 2. The monoisotopic (exact) mass is 390 g/mol. The van der Waals surface area contributed by atoms with Crippen molar-refractivity contribution in [1.29, 1.82) is 0 Å². The molecular weight excluding hydrogens is 372 g/mol. The molecule has 1 aliphatic rings. The van der Waals surface area contributed by atoms with Gasteiger partial charge in [0.25, 0.3) is 5.56 Å². The number of fused-ring (bicyclic) bond motifs is 3. The third-order valence-corrected chi connectivity index (χ3v) is 5.07. The maximum absolute atomic E-state index is 12.6. The Kier molecular flexibility index (Phi) is 4.64. The topological polar surface area (TPSA) is 112 Å². The first-order valence-corrected chi connectivity index (χ1v) is 9.03. The van der Waals surface area contributed by atoms with Gasteiger partial charge in [-0.2, -0.15) is 0 Å². The summed E-state index contributed by atoms with van der Waals surface area (Å²) < 4.78 is 6.43. The molecule has 7 nitrogen and oxygen atoms in total. The Balaban J connectivity index is 1.57. The van der Waals surface area contributed by atoms with E-state index in [1.54, 1.807) is 0 Å². The van der Waals surface area contributed by atoms with Gasteiger partial charge in [-0.1, -0.05) is 48.5 Å². The number of nitrogen functional groups attached to an aromatic ring is 1. The molecular formula is C22H18N2O5. The highest BCUT2D eigenvalue weighted by atomic mass is 16.5. The van der Waals surface area contributed by atoms with Crippen molar-refractivity contribution in [2.45, 2.75) is 12.5 Å². The van der Waals surface area contributed by atoms with Crippen LogP contribution in [0.15, 0.2) is 65.6 Å². The van der Waals surface area contributed by atoms with Crippen LogP contribution in [0.25, 0.3) is 11.1 Å². The zero-order valence-electron chi connectivity index (χ0n) is 15.4. The fourth-order valence-corrected chi connectivity index (χ4v) is 3.72. The number of carbonyl (C=O) groups is 2. The molecule has 0 unspecified atom stereocenters. The molecule has 146 valence electrons. The number of aliphatic carboxylic acids is 1. The molecule has 7 heteroatoms.